The van der Waals surface area contributed by atoms with Gasteiger partial charge in [-0.05, 0) is 48.5 Å². The van der Waals surface area contributed by atoms with Crippen LogP contribution in [-0.2, 0) is 47.7 Å². The van der Waals surface area contributed by atoms with Crippen molar-refractivity contribution >= 4 is 47.1 Å². The molecule has 0 bridgehead atoms. The lowest BCUT2D eigenvalue weighted by atomic mass is 10.00. The maximum atomic E-state index is 13.4. The standard InChI is InChI=1S/C28H32N2O12/c1-15(31)39-23(25(41-17(3)33)27(35)29-19-7-11-21(37-5)12-8-19)24(40-16(2)32)26(42-18(4)34)28(36)30-20-9-13-22(38-6)14-10-20/h7-14,23-26H,1-6H3,(H,29,35)(H,30,36)/t23-,24+,25-,26-/m1/s1. The van der Waals surface area contributed by atoms with E-state index in [1.165, 1.54) is 38.5 Å². The van der Waals surface area contributed by atoms with E-state index in [2.05, 4.69) is 10.6 Å². The van der Waals surface area contributed by atoms with Gasteiger partial charge in [0.25, 0.3) is 11.8 Å². The maximum Gasteiger partial charge on any atom is 0.303 e. The first-order chi connectivity index (χ1) is 19.8. The topological polar surface area (TPSA) is 182 Å². The van der Waals surface area contributed by atoms with Crippen LogP contribution in [0.25, 0.3) is 0 Å². The molecule has 14 heteroatoms. The number of methoxy groups -OCH3 is 2. The lowest BCUT2D eigenvalue weighted by molar-refractivity contribution is -0.198. The van der Waals surface area contributed by atoms with Crippen LogP contribution < -0.4 is 20.1 Å². The summed E-state index contributed by atoms with van der Waals surface area (Å²) in [5.41, 5.74) is 0.467. The predicted molar refractivity (Wildman–Crippen MR) is 145 cm³/mol. The molecule has 2 aromatic rings. The van der Waals surface area contributed by atoms with Crippen LogP contribution in [-0.4, -0.2) is 74.3 Å². The minimum atomic E-state index is -1.98. The third-order valence-electron chi connectivity index (χ3n) is 5.34. The number of nitrogens with one attached hydrogen (secondary N) is 2. The summed E-state index contributed by atoms with van der Waals surface area (Å²) in [6.45, 7) is 3.92. The Labute approximate surface area is 241 Å². The van der Waals surface area contributed by atoms with E-state index < -0.39 is 60.1 Å². The van der Waals surface area contributed by atoms with E-state index in [9.17, 15) is 28.8 Å². The smallest absolute Gasteiger partial charge is 0.303 e. The van der Waals surface area contributed by atoms with E-state index in [0.717, 1.165) is 27.7 Å². The van der Waals surface area contributed by atoms with E-state index in [4.69, 9.17) is 28.4 Å². The Bertz CT molecular complexity index is 1180. The number of hydrogen-bond acceptors (Lipinski definition) is 12. The predicted octanol–water partition coefficient (Wildman–Crippen LogP) is 2.01. The molecule has 0 aliphatic carbocycles. The molecule has 0 spiro atoms. The monoisotopic (exact) mass is 588 g/mol. The van der Waals surface area contributed by atoms with Gasteiger partial charge >= 0.3 is 23.9 Å². The molecule has 2 N–H and O–H groups in total. The van der Waals surface area contributed by atoms with Crippen molar-refractivity contribution in [3.8, 4) is 11.5 Å². The zero-order valence-electron chi connectivity index (χ0n) is 23.8. The fourth-order valence-corrected chi connectivity index (χ4v) is 3.66. The van der Waals surface area contributed by atoms with Gasteiger partial charge in [0, 0.05) is 39.1 Å². The minimum Gasteiger partial charge on any atom is -0.497 e. The van der Waals surface area contributed by atoms with E-state index in [-0.39, 0.29) is 11.4 Å². The second-order valence-corrected chi connectivity index (χ2v) is 8.64. The number of carbonyl (C=O) groups excluding carboxylic acids is 6. The number of rotatable bonds is 13. The van der Waals surface area contributed by atoms with Crippen LogP contribution in [0.2, 0.25) is 0 Å². The quantitative estimate of drug-likeness (QED) is 0.257. The largest absolute Gasteiger partial charge is 0.497 e. The Balaban J connectivity index is 2.56. The van der Waals surface area contributed by atoms with Crippen molar-refractivity contribution < 1.29 is 57.2 Å². The molecule has 0 saturated carbocycles. The molecule has 0 radical (unpaired) electrons. The molecule has 226 valence electrons. The third-order valence-corrected chi connectivity index (χ3v) is 5.34. The van der Waals surface area contributed by atoms with Gasteiger partial charge in [-0.15, -0.1) is 0 Å². The molecule has 0 saturated heterocycles. The molecule has 4 atom stereocenters. The molecule has 2 aromatic carbocycles. The number of esters is 4. The van der Waals surface area contributed by atoms with Crippen LogP contribution in [0.3, 0.4) is 0 Å². The first kappa shape index (κ1) is 33.1. The minimum absolute atomic E-state index is 0.234. The summed E-state index contributed by atoms with van der Waals surface area (Å²) in [7, 11) is 2.90. The van der Waals surface area contributed by atoms with Crippen LogP contribution in [0, 0.1) is 0 Å². The van der Waals surface area contributed by atoms with Crippen molar-refractivity contribution in [3.05, 3.63) is 48.5 Å². The second-order valence-electron chi connectivity index (χ2n) is 8.64. The van der Waals surface area contributed by atoms with Gasteiger partial charge < -0.3 is 39.1 Å². The number of amides is 2. The molecule has 2 rings (SSSR count). The molecule has 0 aliphatic heterocycles. The Kier molecular flexibility index (Phi) is 12.3. The highest BCUT2D eigenvalue weighted by atomic mass is 16.6. The number of anilines is 2. The Morgan fingerprint density at radius 1 is 0.500 bits per heavy atom. The average Bonchev–Trinajstić information content (AvgIpc) is 2.92. The number of carbonyl (C=O) groups is 6. The van der Waals surface area contributed by atoms with Gasteiger partial charge in [0.15, 0.2) is 12.2 Å². The van der Waals surface area contributed by atoms with Crippen molar-refractivity contribution in [1.82, 2.24) is 0 Å². The molecule has 42 heavy (non-hydrogen) atoms. The first-order valence-electron chi connectivity index (χ1n) is 12.4. The third kappa shape index (κ3) is 10.1. The fraction of sp³-hybridized carbons (Fsp3) is 0.357. The zero-order valence-corrected chi connectivity index (χ0v) is 23.8. The second kappa shape index (κ2) is 15.6. The number of benzene rings is 2. The average molecular weight is 589 g/mol. The van der Waals surface area contributed by atoms with E-state index in [1.807, 2.05) is 0 Å². The SMILES string of the molecule is COc1ccc(NC(=O)[C@H](OC(C)=O)[C@H](OC(C)=O)[C@H](OC(C)=O)[C@@H](OC(C)=O)C(=O)Nc2ccc(OC)cc2)cc1. The summed E-state index contributed by atoms with van der Waals surface area (Å²) in [5.74, 6) is -5.00. The molecule has 0 heterocycles. The van der Waals surface area contributed by atoms with Crippen molar-refractivity contribution in [3.63, 3.8) is 0 Å². The van der Waals surface area contributed by atoms with Gasteiger partial charge in [0.2, 0.25) is 12.2 Å². The molecule has 0 aromatic heterocycles. The van der Waals surface area contributed by atoms with Gasteiger partial charge in [-0.25, -0.2) is 0 Å². The highest BCUT2D eigenvalue weighted by Crippen LogP contribution is 2.24. The van der Waals surface area contributed by atoms with Crippen LogP contribution in [0.15, 0.2) is 48.5 Å². The highest BCUT2D eigenvalue weighted by Gasteiger charge is 2.49. The Hall–Kier alpha value is -5.14. The van der Waals surface area contributed by atoms with E-state index in [0.29, 0.717) is 11.5 Å². The normalized spacial score (nSPS) is 13.2. The van der Waals surface area contributed by atoms with E-state index >= 15 is 0 Å². The molecule has 0 fully saturated rings. The van der Waals surface area contributed by atoms with Gasteiger partial charge in [-0.2, -0.15) is 0 Å². The molecular weight excluding hydrogens is 556 g/mol. The molecular formula is C28H32N2O12. The molecule has 0 aliphatic rings. The molecule has 0 unspecified atom stereocenters. The lowest BCUT2D eigenvalue weighted by Crippen LogP contribution is -2.57. The highest BCUT2D eigenvalue weighted by molar-refractivity contribution is 5.98. The molecule has 2 amide bonds. The summed E-state index contributed by atoms with van der Waals surface area (Å²) in [6, 6.07) is 12.1. The van der Waals surface area contributed by atoms with Gasteiger partial charge in [0.1, 0.15) is 11.5 Å². The maximum absolute atomic E-state index is 13.4. The van der Waals surface area contributed by atoms with Gasteiger partial charge in [-0.1, -0.05) is 0 Å². The van der Waals surface area contributed by atoms with Crippen molar-refractivity contribution in [2.45, 2.75) is 52.1 Å². The van der Waals surface area contributed by atoms with Crippen LogP contribution in [0.4, 0.5) is 11.4 Å². The van der Waals surface area contributed by atoms with Crippen molar-refractivity contribution in [2.24, 2.45) is 0 Å². The van der Waals surface area contributed by atoms with Crippen molar-refractivity contribution in [2.75, 3.05) is 24.9 Å². The van der Waals surface area contributed by atoms with Crippen LogP contribution >= 0.6 is 0 Å². The molecule has 14 nitrogen and oxygen atoms in total. The zero-order chi connectivity index (χ0) is 31.4. The Morgan fingerprint density at radius 3 is 1.02 bits per heavy atom. The van der Waals surface area contributed by atoms with Crippen LogP contribution in [0.5, 0.6) is 11.5 Å². The van der Waals surface area contributed by atoms with Crippen molar-refractivity contribution in [1.29, 1.82) is 0 Å². The lowest BCUT2D eigenvalue weighted by Gasteiger charge is -2.34. The first-order valence-corrected chi connectivity index (χ1v) is 12.4. The summed E-state index contributed by atoms with van der Waals surface area (Å²) < 4.78 is 31.2. The number of hydrogen-bond donors (Lipinski definition) is 2. The van der Waals surface area contributed by atoms with Crippen LogP contribution in [0.1, 0.15) is 27.7 Å². The summed E-state index contributed by atoms with van der Waals surface area (Å²) in [4.78, 5) is 75.3. The Morgan fingerprint density at radius 2 is 0.786 bits per heavy atom. The fourth-order valence-electron chi connectivity index (χ4n) is 3.66. The summed E-state index contributed by atoms with van der Waals surface area (Å²) in [6.07, 6.45) is -7.88. The van der Waals surface area contributed by atoms with E-state index in [1.54, 1.807) is 24.3 Å². The summed E-state index contributed by atoms with van der Waals surface area (Å²) in [5, 5.41) is 4.99. The van der Waals surface area contributed by atoms with Gasteiger partial charge in [0.05, 0.1) is 14.2 Å². The summed E-state index contributed by atoms with van der Waals surface area (Å²) >= 11 is 0. The number of ether oxygens (including phenoxy) is 6. The van der Waals surface area contributed by atoms with Gasteiger partial charge in [-0.3, -0.25) is 28.8 Å².